The van der Waals surface area contributed by atoms with Crippen molar-refractivity contribution in [3.05, 3.63) is 90.3 Å². The van der Waals surface area contributed by atoms with Gasteiger partial charge in [0.1, 0.15) is 0 Å². The molecule has 0 saturated heterocycles. The van der Waals surface area contributed by atoms with Gasteiger partial charge in [-0.25, -0.2) is 0 Å². The van der Waals surface area contributed by atoms with Crippen molar-refractivity contribution in [2.45, 2.75) is 6.54 Å². The minimum Gasteiger partial charge on any atom is -0.332 e. The summed E-state index contributed by atoms with van der Waals surface area (Å²) in [6.45, 7) is 0.562. The second kappa shape index (κ2) is 8.04. The fourth-order valence-corrected chi connectivity index (χ4v) is 2.65. The second-order valence-electron chi connectivity index (χ2n) is 5.36. The van der Waals surface area contributed by atoms with Gasteiger partial charge in [-0.1, -0.05) is 24.3 Å². The summed E-state index contributed by atoms with van der Waals surface area (Å²) in [6, 6.07) is 25.1. The number of para-hydroxylation sites is 1. The molecule has 0 aliphatic carbocycles. The number of benzene rings is 2. The van der Waals surface area contributed by atoms with Crippen molar-refractivity contribution in [3.63, 3.8) is 0 Å². The molecule has 122 valence electrons. The first-order valence-electron chi connectivity index (χ1n) is 7.80. The average Bonchev–Trinajstić information content (AvgIpc) is 2.68. The highest BCUT2D eigenvalue weighted by Crippen LogP contribution is 2.18. The van der Waals surface area contributed by atoms with Gasteiger partial charge < -0.3 is 10.2 Å². The van der Waals surface area contributed by atoms with Crippen molar-refractivity contribution >= 4 is 28.7 Å². The van der Waals surface area contributed by atoms with E-state index in [2.05, 4.69) is 16.4 Å². The van der Waals surface area contributed by atoms with Gasteiger partial charge in [0.25, 0.3) is 0 Å². The Morgan fingerprint density at radius 2 is 1.72 bits per heavy atom. The highest BCUT2D eigenvalue weighted by Gasteiger charge is 2.13. The zero-order valence-electron chi connectivity index (χ0n) is 13.5. The van der Waals surface area contributed by atoms with Crippen LogP contribution in [0.5, 0.6) is 0 Å². The number of anilines is 2. The molecule has 0 amide bonds. The monoisotopic (exact) mass is 344 g/mol. The summed E-state index contributed by atoms with van der Waals surface area (Å²) in [4.78, 5) is 6.39. The Hall–Kier alpha value is -3.23. The highest BCUT2D eigenvalue weighted by atomic mass is 32.1. The molecule has 0 aliphatic rings. The third kappa shape index (κ3) is 4.40. The van der Waals surface area contributed by atoms with Crippen LogP contribution in [-0.4, -0.2) is 10.1 Å². The zero-order chi connectivity index (χ0) is 17.5. The van der Waals surface area contributed by atoms with Crippen molar-refractivity contribution in [2.24, 2.45) is 0 Å². The van der Waals surface area contributed by atoms with Gasteiger partial charge in [0.2, 0.25) is 0 Å². The number of rotatable bonds is 4. The molecule has 5 heteroatoms. The summed E-state index contributed by atoms with van der Waals surface area (Å²) in [5, 5.41) is 12.7. The van der Waals surface area contributed by atoms with E-state index in [1.807, 2.05) is 65.6 Å². The van der Waals surface area contributed by atoms with Gasteiger partial charge in [0.05, 0.1) is 23.9 Å². The topological polar surface area (TPSA) is 52.0 Å². The van der Waals surface area contributed by atoms with E-state index < -0.39 is 0 Å². The molecule has 0 unspecified atom stereocenters. The first kappa shape index (κ1) is 16.6. The lowest BCUT2D eigenvalue weighted by atomic mass is 10.2. The smallest absolute Gasteiger partial charge is 0.178 e. The molecule has 0 fully saturated rings. The lowest BCUT2D eigenvalue weighted by Gasteiger charge is -2.25. The molecule has 25 heavy (non-hydrogen) atoms. The number of aromatic nitrogens is 1. The van der Waals surface area contributed by atoms with Crippen LogP contribution in [-0.2, 0) is 6.54 Å². The Morgan fingerprint density at radius 1 is 1.00 bits per heavy atom. The van der Waals surface area contributed by atoms with E-state index in [1.165, 1.54) is 0 Å². The van der Waals surface area contributed by atoms with Gasteiger partial charge in [-0.15, -0.1) is 0 Å². The quantitative estimate of drug-likeness (QED) is 0.713. The fourth-order valence-electron chi connectivity index (χ4n) is 2.36. The number of thiocarbonyl (C=S) groups is 1. The van der Waals surface area contributed by atoms with Crippen LogP contribution in [0.4, 0.5) is 11.4 Å². The van der Waals surface area contributed by atoms with Crippen LogP contribution in [0.1, 0.15) is 11.3 Å². The van der Waals surface area contributed by atoms with Crippen LogP contribution in [0, 0.1) is 11.3 Å². The van der Waals surface area contributed by atoms with Gasteiger partial charge in [-0.2, -0.15) is 5.26 Å². The van der Waals surface area contributed by atoms with Crippen LogP contribution in [0.25, 0.3) is 0 Å². The third-order valence-electron chi connectivity index (χ3n) is 3.62. The molecular weight excluding hydrogens is 328 g/mol. The summed E-state index contributed by atoms with van der Waals surface area (Å²) in [5.74, 6) is 0. The van der Waals surface area contributed by atoms with Crippen LogP contribution in [0.2, 0.25) is 0 Å². The molecule has 0 bridgehead atoms. The fraction of sp³-hybridized carbons (Fsp3) is 0.0500. The Bertz CT molecular complexity index is 871. The summed E-state index contributed by atoms with van der Waals surface area (Å²) in [7, 11) is 0. The predicted molar refractivity (Wildman–Crippen MR) is 104 cm³/mol. The van der Waals surface area contributed by atoms with Gasteiger partial charge in [-0.3, -0.25) is 4.98 Å². The predicted octanol–water partition coefficient (Wildman–Crippen LogP) is 4.36. The molecule has 0 saturated carbocycles. The minimum absolute atomic E-state index is 0.562. The molecule has 4 nitrogen and oxygen atoms in total. The SMILES string of the molecule is N#Cc1ccc(NC(=S)N(Cc2ccccn2)c2ccccc2)cc1. The molecular formula is C20H16N4S. The van der Waals surface area contributed by atoms with E-state index in [0.717, 1.165) is 17.1 Å². The largest absolute Gasteiger partial charge is 0.332 e. The van der Waals surface area contributed by atoms with Crippen molar-refractivity contribution in [3.8, 4) is 6.07 Å². The van der Waals surface area contributed by atoms with Gasteiger partial charge in [-0.05, 0) is 60.7 Å². The van der Waals surface area contributed by atoms with E-state index in [9.17, 15) is 0 Å². The van der Waals surface area contributed by atoms with Crippen molar-refractivity contribution < 1.29 is 0 Å². The van der Waals surface area contributed by atoms with E-state index in [0.29, 0.717) is 17.2 Å². The molecule has 3 rings (SSSR count). The summed E-state index contributed by atoms with van der Waals surface area (Å²) < 4.78 is 0. The number of hydrogen-bond acceptors (Lipinski definition) is 3. The van der Waals surface area contributed by atoms with Crippen molar-refractivity contribution in [1.82, 2.24) is 4.98 Å². The Morgan fingerprint density at radius 3 is 2.36 bits per heavy atom. The molecule has 1 aromatic heterocycles. The summed E-state index contributed by atoms with van der Waals surface area (Å²) in [5.41, 5.74) is 3.37. The second-order valence-corrected chi connectivity index (χ2v) is 5.75. The van der Waals surface area contributed by atoms with Crippen LogP contribution < -0.4 is 10.2 Å². The van der Waals surface area contributed by atoms with E-state index in [-0.39, 0.29) is 0 Å². The summed E-state index contributed by atoms with van der Waals surface area (Å²) in [6.07, 6.45) is 1.77. The maximum atomic E-state index is 8.90. The van der Waals surface area contributed by atoms with Gasteiger partial charge in [0.15, 0.2) is 5.11 Å². The third-order valence-corrected chi connectivity index (χ3v) is 3.95. The molecule has 0 spiro atoms. The number of pyridine rings is 1. The average molecular weight is 344 g/mol. The first-order valence-corrected chi connectivity index (χ1v) is 8.21. The van der Waals surface area contributed by atoms with Crippen LogP contribution >= 0.6 is 12.2 Å². The molecule has 1 N–H and O–H groups in total. The maximum absolute atomic E-state index is 8.90. The number of nitrogens with zero attached hydrogens (tertiary/aromatic N) is 3. The Labute approximate surface area is 152 Å². The Kier molecular flexibility index (Phi) is 5.35. The first-order chi connectivity index (χ1) is 12.3. The van der Waals surface area contributed by atoms with E-state index in [4.69, 9.17) is 17.5 Å². The minimum atomic E-state index is 0.562. The normalized spacial score (nSPS) is 9.88. The zero-order valence-corrected chi connectivity index (χ0v) is 14.3. The number of nitrogens with one attached hydrogen (secondary N) is 1. The van der Waals surface area contributed by atoms with Gasteiger partial charge >= 0.3 is 0 Å². The standard InChI is InChI=1S/C20H16N4S/c21-14-16-9-11-17(12-10-16)23-20(25)24(19-7-2-1-3-8-19)15-18-6-4-5-13-22-18/h1-13H,15H2,(H,23,25). The number of hydrogen-bond donors (Lipinski definition) is 1. The van der Waals surface area contributed by atoms with E-state index >= 15 is 0 Å². The van der Waals surface area contributed by atoms with E-state index in [1.54, 1.807) is 18.3 Å². The lowest BCUT2D eigenvalue weighted by Crippen LogP contribution is -2.34. The number of nitriles is 1. The highest BCUT2D eigenvalue weighted by molar-refractivity contribution is 7.80. The lowest BCUT2D eigenvalue weighted by molar-refractivity contribution is 0.955. The molecule has 0 atom stereocenters. The molecule has 0 aliphatic heterocycles. The Balaban J connectivity index is 1.82. The van der Waals surface area contributed by atoms with Crippen LogP contribution in [0.3, 0.4) is 0 Å². The molecule has 1 heterocycles. The van der Waals surface area contributed by atoms with Gasteiger partial charge in [0, 0.05) is 17.6 Å². The summed E-state index contributed by atoms with van der Waals surface area (Å²) >= 11 is 5.62. The van der Waals surface area contributed by atoms with Crippen LogP contribution in [0.15, 0.2) is 79.0 Å². The molecule has 0 radical (unpaired) electrons. The molecule has 3 aromatic rings. The van der Waals surface area contributed by atoms with Crippen molar-refractivity contribution in [2.75, 3.05) is 10.2 Å². The van der Waals surface area contributed by atoms with Crippen molar-refractivity contribution in [1.29, 1.82) is 5.26 Å². The molecule has 2 aromatic carbocycles. The maximum Gasteiger partial charge on any atom is 0.178 e.